The number of anilines is 1. The highest BCUT2D eigenvalue weighted by molar-refractivity contribution is 6.05. The maximum absolute atomic E-state index is 13.1. The van der Waals surface area contributed by atoms with Gasteiger partial charge in [0.1, 0.15) is 5.82 Å². The fraction of sp³-hybridized carbons (Fsp3) is 0.143. The number of halogens is 1. The smallest absolute Gasteiger partial charge is 0.258 e. The highest BCUT2D eigenvalue weighted by Crippen LogP contribution is 2.16. The summed E-state index contributed by atoms with van der Waals surface area (Å²) in [6.45, 7) is 0. The number of aromatic nitrogens is 1. The second-order valence-electron chi connectivity index (χ2n) is 4.21. The highest BCUT2D eigenvalue weighted by atomic mass is 19.1. The van der Waals surface area contributed by atoms with E-state index in [0.29, 0.717) is 5.69 Å². The number of rotatable bonds is 2. The molecule has 98 valence electrons. The Labute approximate surface area is 109 Å². The molecule has 1 heterocycles. The first-order chi connectivity index (χ1) is 8.99. The number of carbonyl (C=O) groups excluding carboxylic acids is 1. The lowest BCUT2D eigenvalue weighted by molar-refractivity contribution is 0.0992. The van der Waals surface area contributed by atoms with Crippen LogP contribution in [0.2, 0.25) is 0 Å². The van der Waals surface area contributed by atoms with Crippen LogP contribution < -0.4 is 10.5 Å². The van der Waals surface area contributed by atoms with Crippen molar-refractivity contribution in [3.05, 3.63) is 64.3 Å². The van der Waals surface area contributed by atoms with Crippen molar-refractivity contribution >= 4 is 11.6 Å². The number of hydrogen-bond acceptors (Lipinski definition) is 2. The number of carbonyl (C=O) groups is 1. The van der Waals surface area contributed by atoms with Gasteiger partial charge in [-0.25, -0.2) is 4.39 Å². The molecule has 0 unspecified atom stereocenters. The minimum Gasteiger partial charge on any atom is -0.319 e. The van der Waals surface area contributed by atoms with Crippen LogP contribution in [-0.2, 0) is 7.05 Å². The molecule has 0 N–H and O–H groups in total. The first-order valence-electron chi connectivity index (χ1n) is 5.69. The van der Waals surface area contributed by atoms with Crippen LogP contribution in [-0.4, -0.2) is 17.5 Å². The molecule has 0 saturated heterocycles. The molecule has 2 rings (SSSR count). The molecule has 19 heavy (non-hydrogen) atoms. The third-order valence-electron chi connectivity index (χ3n) is 2.85. The van der Waals surface area contributed by atoms with Gasteiger partial charge in [-0.05, 0) is 24.3 Å². The van der Waals surface area contributed by atoms with E-state index in [4.69, 9.17) is 0 Å². The van der Waals surface area contributed by atoms with E-state index in [2.05, 4.69) is 0 Å². The summed E-state index contributed by atoms with van der Waals surface area (Å²) in [6, 6.07) is 8.54. The Morgan fingerprint density at radius 1 is 1.26 bits per heavy atom. The molecule has 0 atom stereocenters. The zero-order valence-corrected chi connectivity index (χ0v) is 10.6. The summed E-state index contributed by atoms with van der Waals surface area (Å²) >= 11 is 0. The molecule has 0 aliphatic heterocycles. The zero-order chi connectivity index (χ0) is 14.0. The lowest BCUT2D eigenvalue weighted by Gasteiger charge is -2.17. The van der Waals surface area contributed by atoms with E-state index < -0.39 is 5.82 Å². The number of hydrogen-bond donors (Lipinski definition) is 0. The molecule has 0 aliphatic rings. The van der Waals surface area contributed by atoms with Crippen LogP contribution in [0.3, 0.4) is 0 Å². The molecule has 0 saturated carbocycles. The third kappa shape index (κ3) is 2.70. The zero-order valence-electron chi connectivity index (χ0n) is 10.6. The summed E-state index contributed by atoms with van der Waals surface area (Å²) in [4.78, 5) is 25.0. The summed E-state index contributed by atoms with van der Waals surface area (Å²) in [5.41, 5.74) is 0.444. The van der Waals surface area contributed by atoms with Crippen molar-refractivity contribution in [3.8, 4) is 0 Å². The standard InChI is InChI=1S/C14H13FN2O2/c1-16-7-6-10(8-13(16)18)14(19)17(2)12-5-3-4-11(15)9-12/h3-9H,1-2H3. The third-order valence-corrected chi connectivity index (χ3v) is 2.85. The topological polar surface area (TPSA) is 42.3 Å². The highest BCUT2D eigenvalue weighted by Gasteiger charge is 2.14. The van der Waals surface area contributed by atoms with E-state index >= 15 is 0 Å². The fourth-order valence-electron chi connectivity index (χ4n) is 1.68. The predicted molar refractivity (Wildman–Crippen MR) is 70.8 cm³/mol. The number of aryl methyl sites for hydroxylation is 1. The van der Waals surface area contributed by atoms with E-state index in [9.17, 15) is 14.0 Å². The Hall–Kier alpha value is -2.43. The van der Waals surface area contributed by atoms with E-state index in [1.54, 1.807) is 19.2 Å². The molecule has 0 fully saturated rings. The Morgan fingerprint density at radius 3 is 2.63 bits per heavy atom. The Morgan fingerprint density at radius 2 is 2.00 bits per heavy atom. The van der Waals surface area contributed by atoms with Crippen molar-refractivity contribution in [3.63, 3.8) is 0 Å². The van der Waals surface area contributed by atoms with Crippen molar-refractivity contribution in [2.24, 2.45) is 7.05 Å². The van der Waals surface area contributed by atoms with E-state index in [-0.39, 0.29) is 17.0 Å². The van der Waals surface area contributed by atoms with Crippen molar-refractivity contribution < 1.29 is 9.18 Å². The summed E-state index contributed by atoms with van der Waals surface area (Å²) < 4.78 is 14.5. The van der Waals surface area contributed by atoms with Gasteiger partial charge in [-0.3, -0.25) is 9.59 Å². The molecule has 0 spiro atoms. The van der Waals surface area contributed by atoms with Gasteiger partial charge >= 0.3 is 0 Å². The average Bonchev–Trinajstić information content (AvgIpc) is 2.40. The van der Waals surface area contributed by atoms with Gasteiger partial charge < -0.3 is 9.47 Å². The van der Waals surface area contributed by atoms with E-state index in [1.807, 2.05) is 0 Å². The second kappa shape index (κ2) is 5.06. The maximum Gasteiger partial charge on any atom is 0.258 e. The van der Waals surface area contributed by atoms with Crippen LogP contribution in [0, 0.1) is 5.82 Å². The van der Waals surface area contributed by atoms with Crippen molar-refractivity contribution in [1.82, 2.24) is 4.57 Å². The largest absolute Gasteiger partial charge is 0.319 e. The number of nitrogens with zero attached hydrogens (tertiary/aromatic N) is 2. The van der Waals surface area contributed by atoms with Crippen molar-refractivity contribution in [2.75, 3.05) is 11.9 Å². The molecule has 1 aromatic heterocycles. The molecule has 1 amide bonds. The molecule has 4 nitrogen and oxygen atoms in total. The summed E-state index contributed by atoms with van der Waals surface area (Å²) in [7, 11) is 3.14. The number of amides is 1. The van der Waals surface area contributed by atoms with Crippen LogP contribution in [0.15, 0.2) is 47.4 Å². The molecule has 1 aromatic carbocycles. The Bertz CT molecular complexity index is 679. The predicted octanol–water partition coefficient (Wildman–Crippen LogP) is 1.80. The van der Waals surface area contributed by atoms with Gasteiger partial charge in [0, 0.05) is 37.6 Å². The Kier molecular flexibility index (Phi) is 3.46. The average molecular weight is 260 g/mol. The number of pyridine rings is 1. The molecular weight excluding hydrogens is 247 g/mol. The minimum atomic E-state index is -0.416. The quantitative estimate of drug-likeness (QED) is 0.826. The number of benzene rings is 1. The van der Waals surface area contributed by atoms with E-state index in [1.165, 1.54) is 47.0 Å². The van der Waals surface area contributed by atoms with Crippen molar-refractivity contribution in [1.29, 1.82) is 0 Å². The normalized spacial score (nSPS) is 10.3. The van der Waals surface area contributed by atoms with Crippen LogP contribution in [0.5, 0.6) is 0 Å². The van der Waals surface area contributed by atoms with E-state index in [0.717, 1.165) is 0 Å². The lowest BCUT2D eigenvalue weighted by Crippen LogP contribution is -2.28. The molecule has 5 heteroatoms. The molecule has 2 aromatic rings. The maximum atomic E-state index is 13.1. The summed E-state index contributed by atoms with van der Waals surface area (Å²) in [6.07, 6.45) is 1.52. The second-order valence-corrected chi connectivity index (χ2v) is 4.21. The van der Waals surface area contributed by atoms with Gasteiger partial charge in [0.05, 0.1) is 0 Å². The van der Waals surface area contributed by atoms with Crippen LogP contribution in [0.1, 0.15) is 10.4 Å². The van der Waals surface area contributed by atoms with Gasteiger partial charge in [-0.15, -0.1) is 0 Å². The fourth-order valence-corrected chi connectivity index (χ4v) is 1.68. The SMILES string of the molecule is CN(C(=O)c1ccn(C)c(=O)c1)c1cccc(F)c1. The van der Waals surface area contributed by atoms with Crippen molar-refractivity contribution in [2.45, 2.75) is 0 Å². The van der Waals surface area contributed by atoms with Gasteiger partial charge in [-0.1, -0.05) is 6.07 Å². The Balaban J connectivity index is 2.33. The summed E-state index contributed by atoms with van der Waals surface area (Å²) in [5, 5.41) is 0. The van der Waals surface area contributed by atoms with Gasteiger partial charge in [-0.2, -0.15) is 0 Å². The van der Waals surface area contributed by atoms with Gasteiger partial charge in [0.2, 0.25) is 0 Å². The van der Waals surface area contributed by atoms with Gasteiger partial charge in [0.15, 0.2) is 0 Å². The van der Waals surface area contributed by atoms with Crippen LogP contribution in [0.4, 0.5) is 10.1 Å². The lowest BCUT2D eigenvalue weighted by atomic mass is 10.2. The summed E-state index contributed by atoms with van der Waals surface area (Å²) in [5.74, 6) is -0.774. The minimum absolute atomic E-state index is 0.265. The van der Waals surface area contributed by atoms with Gasteiger partial charge in [0.25, 0.3) is 11.5 Å². The molecular formula is C14H13FN2O2. The monoisotopic (exact) mass is 260 g/mol. The van der Waals surface area contributed by atoms with Crippen LogP contribution >= 0.6 is 0 Å². The van der Waals surface area contributed by atoms with Crippen LogP contribution in [0.25, 0.3) is 0 Å². The molecule has 0 radical (unpaired) electrons. The first kappa shape index (κ1) is 13.0. The first-order valence-corrected chi connectivity index (χ1v) is 5.69. The molecule has 0 aliphatic carbocycles. The molecule has 0 bridgehead atoms.